The molecule has 3 heteroatoms. The number of benzene rings is 2. The summed E-state index contributed by atoms with van der Waals surface area (Å²) in [6.45, 7) is 2.83. The fourth-order valence-electron chi connectivity index (χ4n) is 2.20. The van der Waals surface area contributed by atoms with Gasteiger partial charge in [0.25, 0.3) is 0 Å². The van der Waals surface area contributed by atoms with E-state index in [0.717, 1.165) is 17.7 Å². The van der Waals surface area contributed by atoms with Gasteiger partial charge in [-0.15, -0.1) is 0 Å². The average Bonchev–Trinajstić information content (AvgIpc) is 2.48. The van der Waals surface area contributed by atoms with Crippen molar-refractivity contribution in [3.05, 3.63) is 65.5 Å². The summed E-state index contributed by atoms with van der Waals surface area (Å²) in [5.74, 6) is -0.232. The second-order valence-electron chi connectivity index (χ2n) is 5.06. The number of nitrogens with zero attached hydrogens (tertiary/aromatic N) is 1. The van der Waals surface area contributed by atoms with E-state index in [2.05, 4.69) is 36.1 Å². The first-order chi connectivity index (χ1) is 9.60. The van der Waals surface area contributed by atoms with Gasteiger partial charge in [0.2, 0.25) is 0 Å². The van der Waals surface area contributed by atoms with E-state index in [9.17, 15) is 4.39 Å². The lowest BCUT2D eigenvalue weighted by Gasteiger charge is -2.24. The Morgan fingerprint density at radius 1 is 1.05 bits per heavy atom. The number of nitrogens with two attached hydrogens (primary N) is 1. The van der Waals surface area contributed by atoms with Gasteiger partial charge in [0.05, 0.1) is 0 Å². The van der Waals surface area contributed by atoms with Crippen LogP contribution in [0.5, 0.6) is 0 Å². The van der Waals surface area contributed by atoms with Gasteiger partial charge < -0.3 is 10.6 Å². The molecule has 0 saturated carbocycles. The molecule has 2 aromatic carbocycles. The van der Waals surface area contributed by atoms with Crippen molar-refractivity contribution in [3.63, 3.8) is 0 Å². The van der Waals surface area contributed by atoms with Crippen molar-refractivity contribution in [1.82, 2.24) is 0 Å². The summed E-state index contributed by atoms with van der Waals surface area (Å²) in [5.41, 5.74) is 9.59. The zero-order valence-corrected chi connectivity index (χ0v) is 12.0. The molecule has 106 valence electrons. The highest BCUT2D eigenvalue weighted by molar-refractivity contribution is 5.47. The highest BCUT2D eigenvalue weighted by atomic mass is 19.1. The van der Waals surface area contributed by atoms with Crippen LogP contribution >= 0.6 is 0 Å². The molecule has 0 aliphatic carbocycles. The minimum absolute atomic E-state index is 0.133. The molecule has 0 radical (unpaired) electrons. The first kappa shape index (κ1) is 14.5. The molecule has 0 heterocycles. The second-order valence-corrected chi connectivity index (χ2v) is 5.06. The Kier molecular flexibility index (Phi) is 4.74. The second kappa shape index (κ2) is 6.53. The molecule has 0 amide bonds. The van der Waals surface area contributed by atoms with E-state index in [0.29, 0.717) is 6.54 Å². The van der Waals surface area contributed by atoms with Crippen molar-refractivity contribution >= 4 is 5.69 Å². The third-order valence-electron chi connectivity index (χ3n) is 3.55. The predicted molar refractivity (Wildman–Crippen MR) is 82.4 cm³/mol. The third-order valence-corrected chi connectivity index (χ3v) is 3.55. The van der Waals surface area contributed by atoms with Gasteiger partial charge in [0, 0.05) is 25.3 Å². The molecule has 1 atom stereocenters. The van der Waals surface area contributed by atoms with Crippen molar-refractivity contribution in [3.8, 4) is 0 Å². The van der Waals surface area contributed by atoms with Crippen LogP contribution < -0.4 is 10.6 Å². The lowest BCUT2D eigenvalue weighted by atomic mass is 10.1. The zero-order chi connectivity index (χ0) is 14.5. The normalized spacial score (nSPS) is 12.2. The summed E-state index contributed by atoms with van der Waals surface area (Å²) in [7, 11) is 2.02. The molecule has 2 N–H and O–H groups in total. The predicted octanol–water partition coefficient (Wildman–Crippen LogP) is 3.52. The Morgan fingerprint density at radius 2 is 1.65 bits per heavy atom. The first-order valence-electron chi connectivity index (χ1n) is 6.91. The van der Waals surface area contributed by atoms with E-state index in [1.165, 1.54) is 17.7 Å². The number of anilines is 1. The molecule has 0 fully saturated rings. The maximum atomic E-state index is 12.9. The lowest BCUT2D eigenvalue weighted by Crippen LogP contribution is -2.28. The fraction of sp³-hybridized carbons (Fsp3) is 0.294. The van der Waals surface area contributed by atoms with Crippen LogP contribution in [0.3, 0.4) is 0 Å². The summed E-state index contributed by atoms with van der Waals surface area (Å²) in [4.78, 5) is 2.12. The molecule has 1 unspecified atom stereocenters. The number of halogens is 1. The number of likely N-dealkylation sites (N-methyl/N-ethyl adjacent to an activating group) is 1. The fourth-order valence-corrected chi connectivity index (χ4v) is 2.20. The largest absolute Gasteiger partial charge is 0.373 e. The Labute approximate surface area is 120 Å². The number of hydrogen-bond donors (Lipinski definition) is 1. The van der Waals surface area contributed by atoms with Gasteiger partial charge in [-0.2, -0.15) is 0 Å². The highest BCUT2D eigenvalue weighted by Crippen LogP contribution is 2.18. The van der Waals surface area contributed by atoms with Crippen LogP contribution in [-0.2, 0) is 6.42 Å². The maximum absolute atomic E-state index is 12.9. The number of aryl methyl sites for hydroxylation is 1. The Bertz CT molecular complexity index is 534. The van der Waals surface area contributed by atoms with Crippen LogP contribution in [0, 0.1) is 5.82 Å². The monoisotopic (exact) mass is 272 g/mol. The summed E-state index contributed by atoms with van der Waals surface area (Å²) < 4.78 is 12.9. The highest BCUT2D eigenvalue weighted by Gasteiger charge is 2.10. The SMILES string of the molecule is CCc1ccc(N(C)CC(N)c2ccc(F)cc2)cc1. The van der Waals surface area contributed by atoms with E-state index in [-0.39, 0.29) is 11.9 Å². The van der Waals surface area contributed by atoms with Gasteiger partial charge in [-0.1, -0.05) is 31.2 Å². The molecular formula is C17H21FN2. The minimum Gasteiger partial charge on any atom is -0.373 e. The van der Waals surface area contributed by atoms with Crippen molar-refractivity contribution < 1.29 is 4.39 Å². The van der Waals surface area contributed by atoms with Crippen LogP contribution in [0.15, 0.2) is 48.5 Å². The smallest absolute Gasteiger partial charge is 0.123 e. The summed E-state index contributed by atoms with van der Waals surface area (Å²) >= 11 is 0. The molecule has 0 bridgehead atoms. The van der Waals surface area contributed by atoms with Crippen LogP contribution in [0.1, 0.15) is 24.1 Å². The van der Waals surface area contributed by atoms with Gasteiger partial charge in [-0.05, 0) is 41.8 Å². The Balaban J connectivity index is 2.02. The van der Waals surface area contributed by atoms with Crippen molar-refractivity contribution in [2.75, 3.05) is 18.5 Å². The maximum Gasteiger partial charge on any atom is 0.123 e. The summed E-state index contributed by atoms with van der Waals surface area (Å²) in [6, 6.07) is 14.7. The molecule has 20 heavy (non-hydrogen) atoms. The van der Waals surface area contributed by atoms with Crippen LogP contribution in [0.25, 0.3) is 0 Å². The van der Waals surface area contributed by atoms with E-state index in [4.69, 9.17) is 5.73 Å². The van der Waals surface area contributed by atoms with Gasteiger partial charge in [0.1, 0.15) is 5.82 Å². The standard InChI is InChI=1S/C17H21FN2/c1-3-13-4-10-16(11-5-13)20(2)12-17(19)14-6-8-15(18)9-7-14/h4-11,17H,3,12,19H2,1-2H3. The minimum atomic E-state index is -0.232. The van der Waals surface area contributed by atoms with E-state index in [1.54, 1.807) is 12.1 Å². The Hall–Kier alpha value is -1.87. The van der Waals surface area contributed by atoms with E-state index >= 15 is 0 Å². The quantitative estimate of drug-likeness (QED) is 0.902. The molecule has 2 aromatic rings. The van der Waals surface area contributed by atoms with Gasteiger partial charge in [-0.25, -0.2) is 4.39 Å². The molecule has 0 saturated heterocycles. The van der Waals surface area contributed by atoms with E-state index < -0.39 is 0 Å². The van der Waals surface area contributed by atoms with Gasteiger partial charge >= 0.3 is 0 Å². The average molecular weight is 272 g/mol. The number of hydrogen-bond acceptors (Lipinski definition) is 2. The lowest BCUT2D eigenvalue weighted by molar-refractivity contribution is 0.624. The summed E-state index contributed by atoms with van der Waals surface area (Å²) in [5, 5.41) is 0. The van der Waals surface area contributed by atoms with E-state index in [1.807, 2.05) is 7.05 Å². The van der Waals surface area contributed by atoms with Crippen LogP contribution in [-0.4, -0.2) is 13.6 Å². The van der Waals surface area contributed by atoms with Gasteiger partial charge in [-0.3, -0.25) is 0 Å². The van der Waals surface area contributed by atoms with Crippen molar-refractivity contribution in [2.24, 2.45) is 5.73 Å². The van der Waals surface area contributed by atoms with Crippen molar-refractivity contribution in [2.45, 2.75) is 19.4 Å². The topological polar surface area (TPSA) is 29.3 Å². The molecule has 0 aromatic heterocycles. The molecule has 2 rings (SSSR count). The van der Waals surface area contributed by atoms with Gasteiger partial charge in [0.15, 0.2) is 0 Å². The molecule has 2 nitrogen and oxygen atoms in total. The third kappa shape index (κ3) is 3.58. The molecule has 0 aliphatic rings. The molecular weight excluding hydrogens is 251 g/mol. The van der Waals surface area contributed by atoms with Crippen LogP contribution in [0.4, 0.5) is 10.1 Å². The van der Waals surface area contributed by atoms with Crippen LogP contribution in [0.2, 0.25) is 0 Å². The first-order valence-corrected chi connectivity index (χ1v) is 6.91. The molecule has 0 aliphatic heterocycles. The van der Waals surface area contributed by atoms with Crippen molar-refractivity contribution in [1.29, 1.82) is 0 Å². The molecule has 0 spiro atoms. The summed E-state index contributed by atoms with van der Waals surface area (Å²) in [6.07, 6.45) is 1.04. The number of rotatable bonds is 5. The zero-order valence-electron chi connectivity index (χ0n) is 12.0. The Morgan fingerprint density at radius 3 is 2.20 bits per heavy atom.